The van der Waals surface area contributed by atoms with Crippen molar-refractivity contribution in [1.82, 2.24) is 29.9 Å². The molecule has 0 spiro atoms. The zero-order valence-corrected chi connectivity index (χ0v) is 17.5. The Labute approximate surface area is 186 Å². The minimum absolute atomic E-state index is 0.0655. The Kier molecular flexibility index (Phi) is 5.95. The van der Waals surface area contributed by atoms with Crippen molar-refractivity contribution in [3.8, 4) is 11.4 Å². The largest absolute Gasteiger partial charge is 0.343 e. The average molecular weight is 454 g/mol. The number of aryl methyl sites for hydroxylation is 1. The Morgan fingerprint density at radius 2 is 1.75 bits per heavy atom. The second-order valence-corrected chi connectivity index (χ2v) is 7.12. The molecule has 0 aliphatic rings. The minimum Gasteiger partial charge on any atom is -0.343 e. The molecule has 32 heavy (non-hydrogen) atoms. The summed E-state index contributed by atoms with van der Waals surface area (Å²) in [6.45, 7) is 1.36. The van der Waals surface area contributed by atoms with Gasteiger partial charge >= 0.3 is 0 Å². The quantitative estimate of drug-likeness (QED) is 0.467. The van der Waals surface area contributed by atoms with Crippen molar-refractivity contribution >= 4 is 29.1 Å². The summed E-state index contributed by atoms with van der Waals surface area (Å²) in [4.78, 5) is 28.7. The van der Waals surface area contributed by atoms with E-state index in [1.54, 1.807) is 42.2 Å². The number of benzene rings is 2. The maximum absolute atomic E-state index is 13.2. The maximum atomic E-state index is 13.2. The van der Waals surface area contributed by atoms with Gasteiger partial charge in [0.15, 0.2) is 0 Å². The Balaban J connectivity index is 1.38. The van der Waals surface area contributed by atoms with Gasteiger partial charge in [-0.2, -0.15) is 10.2 Å². The van der Waals surface area contributed by atoms with Crippen LogP contribution >= 0.6 is 11.6 Å². The first-order valence-corrected chi connectivity index (χ1v) is 9.84. The number of carbonyl (C=O) groups excluding carboxylic acids is 2. The number of anilines is 1. The lowest BCUT2D eigenvalue weighted by atomic mass is 10.2. The standard InChI is InChI=1S/C21H17ClFN7O2/c1-13-19(20(22)30(28-13)17-6-2-14(23)3-7-17)21(32)25-10-18(31)27-15-4-8-16(9-5-15)29-12-24-11-26-29/h2-9,11-12H,10H2,1H3,(H,25,32)(H,27,31). The number of rotatable bonds is 6. The number of amides is 2. The van der Waals surface area contributed by atoms with E-state index in [0.29, 0.717) is 17.1 Å². The number of nitrogens with one attached hydrogen (secondary N) is 2. The van der Waals surface area contributed by atoms with Gasteiger partial charge in [0.2, 0.25) is 5.91 Å². The molecular weight excluding hydrogens is 437 g/mol. The van der Waals surface area contributed by atoms with Crippen LogP contribution < -0.4 is 10.6 Å². The maximum Gasteiger partial charge on any atom is 0.256 e. The first-order chi connectivity index (χ1) is 15.4. The monoisotopic (exact) mass is 453 g/mol. The van der Waals surface area contributed by atoms with Crippen molar-refractivity contribution in [3.05, 3.63) is 83.4 Å². The molecule has 4 aromatic rings. The van der Waals surface area contributed by atoms with Crippen LogP contribution in [-0.4, -0.2) is 42.9 Å². The number of nitrogens with zero attached hydrogens (tertiary/aromatic N) is 5. The fourth-order valence-corrected chi connectivity index (χ4v) is 3.36. The van der Waals surface area contributed by atoms with E-state index in [2.05, 4.69) is 25.8 Å². The number of hydrogen-bond donors (Lipinski definition) is 2. The van der Waals surface area contributed by atoms with Crippen LogP contribution in [0.1, 0.15) is 16.1 Å². The summed E-state index contributed by atoms with van der Waals surface area (Å²) in [5, 5.41) is 13.6. The van der Waals surface area contributed by atoms with Crippen LogP contribution in [0.2, 0.25) is 5.15 Å². The summed E-state index contributed by atoms with van der Waals surface area (Å²) in [7, 11) is 0. The summed E-state index contributed by atoms with van der Waals surface area (Å²) in [6.07, 6.45) is 2.99. The van der Waals surface area contributed by atoms with E-state index in [1.807, 2.05) is 0 Å². The smallest absolute Gasteiger partial charge is 0.256 e. The Morgan fingerprint density at radius 1 is 1.06 bits per heavy atom. The van der Waals surface area contributed by atoms with E-state index in [9.17, 15) is 14.0 Å². The van der Waals surface area contributed by atoms with E-state index in [-0.39, 0.29) is 17.3 Å². The molecule has 2 amide bonds. The van der Waals surface area contributed by atoms with Crippen LogP contribution in [0.4, 0.5) is 10.1 Å². The Bertz CT molecular complexity index is 1250. The van der Waals surface area contributed by atoms with Crippen molar-refractivity contribution in [3.63, 3.8) is 0 Å². The second kappa shape index (κ2) is 8.98. The van der Waals surface area contributed by atoms with Gasteiger partial charge in [-0.25, -0.2) is 18.7 Å². The van der Waals surface area contributed by atoms with Gasteiger partial charge < -0.3 is 10.6 Å². The molecule has 0 radical (unpaired) electrons. The van der Waals surface area contributed by atoms with E-state index in [4.69, 9.17) is 11.6 Å². The third-order valence-electron chi connectivity index (χ3n) is 4.55. The Hall–Kier alpha value is -4.05. The molecule has 2 aromatic heterocycles. The van der Waals surface area contributed by atoms with Gasteiger partial charge in [-0.15, -0.1) is 0 Å². The normalized spacial score (nSPS) is 10.7. The highest BCUT2D eigenvalue weighted by Crippen LogP contribution is 2.23. The second-order valence-electron chi connectivity index (χ2n) is 6.76. The third kappa shape index (κ3) is 4.49. The van der Waals surface area contributed by atoms with Gasteiger partial charge in [-0.3, -0.25) is 9.59 Å². The zero-order chi connectivity index (χ0) is 22.7. The van der Waals surface area contributed by atoms with Gasteiger partial charge in [0.25, 0.3) is 5.91 Å². The van der Waals surface area contributed by atoms with E-state index < -0.39 is 17.6 Å². The predicted molar refractivity (Wildman–Crippen MR) is 116 cm³/mol. The summed E-state index contributed by atoms with van der Waals surface area (Å²) >= 11 is 6.33. The zero-order valence-electron chi connectivity index (χ0n) is 16.8. The van der Waals surface area contributed by atoms with E-state index in [1.165, 1.54) is 35.3 Å². The van der Waals surface area contributed by atoms with Crippen LogP contribution in [0.25, 0.3) is 11.4 Å². The van der Waals surface area contributed by atoms with Crippen LogP contribution in [0, 0.1) is 12.7 Å². The number of hydrogen-bond acceptors (Lipinski definition) is 5. The molecule has 0 fully saturated rings. The molecule has 0 saturated carbocycles. The topological polar surface area (TPSA) is 107 Å². The van der Waals surface area contributed by atoms with Crippen molar-refractivity contribution in [2.45, 2.75) is 6.92 Å². The highest BCUT2D eigenvalue weighted by atomic mass is 35.5. The van der Waals surface area contributed by atoms with E-state index >= 15 is 0 Å². The summed E-state index contributed by atoms with van der Waals surface area (Å²) in [5.74, 6) is -1.35. The third-order valence-corrected chi connectivity index (χ3v) is 4.90. The SMILES string of the molecule is Cc1nn(-c2ccc(F)cc2)c(Cl)c1C(=O)NCC(=O)Nc1ccc(-n2cncn2)cc1. The Morgan fingerprint density at radius 3 is 2.41 bits per heavy atom. The molecule has 0 aliphatic carbocycles. The first-order valence-electron chi connectivity index (χ1n) is 9.46. The molecule has 0 unspecified atom stereocenters. The fraction of sp³-hybridized carbons (Fsp3) is 0.0952. The lowest BCUT2D eigenvalue weighted by Crippen LogP contribution is -2.33. The highest BCUT2D eigenvalue weighted by Gasteiger charge is 2.21. The molecule has 162 valence electrons. The van der Waals surface area contributed by atoms with Crippen molar-refractivity contribution in [1.29, 1.82) is 0 Å². The van der Waals surface area contributed by atoms with Gasteiger partial charge in [0.1, 0.15) is 23.6 Å². The van der Waals surface area contributed by atoms with Gasteiger partial charge in [0, 0.05) is 5.69 Å². The molecule has 0 atom stereocenters. The summed E-state index contributed by atoms with van der Waals surface area (Å²) < 4.78 is 16.1. The van der Waals surface area contributed by atoms with Crippen molar-refractivity contribution in [2.75, 3.05) is 11.9 Å². The van der Waals surface area contributed by atoms with Crippen molar-refractivity contribution < 1.29 is 14.0 Å². The molecule has 11 heteroatoms. The van der Waals surface area contributed by atoms with Gasteiger partial charge in [-0.05, 0) is 55.5 Å². The molecule has 9 nitrogen and oxygen atoms in total. The molecule has 4 rings (SSSR count). The number of aromatic nitrogens is 5. The number of halogens is 2. The molecule has 0 aliphatic heterocycles. The predicted octanol–water partition coefficient (Wildman–Crippen LogP) is 2.92. The van der Waals surface area contributed by atoms with Gasteiger partial charge in [-0.1, -0.05) is 11.6 Å². The molecule has 2 heterocycles. The summed E-state index contributed by atoms with van der Waals surface area (Å²) in [6, 6.07) is 12.5. The van der Waals surface area contributed by atoms with Crippen LogP contribution in [0.5, 0.6) is 0 Å². The van der Waals surface area contributed by atoms with E-state index in [0.717, 1.165) is 5.69 Å². The molecule has 0 bridgehead atoms. The summed E-state index contributed by atoms with van der Waals surface area (Å²) in [5.41, 5.74) is 2.37. The van der Waals surface area contributed by atoms with Gasteiger partial charge in [0.05, 0.1) is 29.2 Å². The van der Waals surface area contributed by atoms with Crippen LogP contribution in [-0.2, 0) is 4.79 Å². The van der Waals surface area contributed by atoms with Crippen molar-refractivity contribution in [2.24, 2.45) is 0 Å². The van der Waals surface area contributed by atoms with Crippen LogP contribution in [0.3, 0.4) is 0 Å². The molecule has 0 saturated heterocycles. The fourth-order valence-electron chi connectivity index (χ4n) is 3.00. The molecule has 2 N–H and O–H groups in total. The lowest BCUT2D eigenvalue weighted by Gasteiger charge is -2.08. The average Bonchev–Trinajstić information content (AvgIpc) is 3.41. The molecule has 2 aromatic carbocycles. The van der Waals surface area contributed by atoms with Crippen LogP contribution in [0.15, 0.2) is 61.2 Å². The minimum atomic E-state index is -0.544. The molecular formula is C21H17ClFN7O2. The highest BCUT2D eigenvalue weighted by molar-refractivity contribution is 6.33. The lowest BCUT2D eigenvalue weighted by molar-refractivity contribution is -0.115. The number of carbonyl (C=O) groups is 2. The first kappa shape index (κ1) is 21.2.